The van der Waals surface area contributed by atoms with Gasteiger partial charge in [0.05, 0.1) is 4.92 Å². The monoisotopic (exact) mass is 235 g/mol. The molecule has 1 saturated heterocycles. The third-order valence-electron chi connectivity index (χ3n) is 2.84. The van der Waals surface area contributed by atoms with E-state index < -0.39 is 4.92 Å². The van der Waals surface area contributed by atoms with Crippen molar-refractivity contribution >= 4 is 17.3 Å². The zero-order valence-corrected chi connectivity index (χ0v) is 9.42. The fraction of sp³-hybridized carbons (Fsp3) is 0.364. The molecule has 0 spiro atoms. The summed E-state index contributed by atoms with van der Waals surface area (Å²) < 4.78 is 0. The fourth-order valence-electron chi connectivity index (χ4n) is 2.02. The van der Waals surface area contributed by atoms with E-state index in [2.05, 4.69) is 0 Å². The number of benzene rings is 1. The Balaban J connectivity index is 2.34. The Hall–Kier alpha value is -1.95. The van der Waals surface area contributed by atoms with Crippen molar-refractivity contribution in [1.82, 2.24) is 0 Å². The van der Waals surface area contributed by atoms with Gasteiger partial charge in [-0.1, -0.05) is 0 Å². The van der Waals surface area contributed by atoms with Gasteiger partial charge in [0.2, 0.25) is 5.91 Å². The number of nitro benzene ring substituents is 1. The number of rotatable bonds is 2. The minimum atomic E-state index is -0.450. The molecule has 0 bridgehead atoms. The summed E-state index contributed by atoms with van der Waals surface area (Å²) in [7, 11) is 0. The van der Waals surface area contributed by atoms with Gasteiger partial charge in [-0.05, 0) is 18.6 Å². The lowest BCUT2D eigenvalue weighted by atomic mass is 10.1. The number of amides is 1. The molecule has 1 atom stereocenters. The first-order valence-corrected chi connectivity index (χ1v) is 5.30. The summed E-state index contributed by atoms with van der Waals surface area (Å²) in [6, 6.07) is 4.31. The molecule has 17 heavy (non-hydrogen) atoms. The van der Waals surface area contributed by atoms with Crippen LogP contribution in [-0.4, -0.2) is 23.4 Å². The van der Waals surface area contributed by atoms with Crippen molar-refractivity contribution in [3.63, 3.8) is 0 Å². The van der Waals surface area contributed by atoms with E-state index in [4.69, 9.17) is 5.73 Å². The van der Waals surface area contributed by atoms with Gasteiger partial charge in [-0.25, -0.2) is 0 Å². The highest BCUT2D eigenvalue weighted by molar-refractivity contribution is 5.97. The number of nitro groups is 1. The molecule has 2 N–H and O–H groups in total. The molecule has 0 saturated carbocycles. The average Bonchev–Trinajstić information content (AvgIpc) is 2.57. The highest BCUT2D eigenvalue weighted by Crippen LogP contribution is 2.27. The van der Waals surface area contributed by atoms with Gasteiger partial charge in [0.25, 0.3) is 5.69 Å². The van der Waals surface area contributed by atoms with Crippen LogP contribution in [0.15, 0.2) is 18.2 Å². The third kappa shape index (κ3) is 2.12. The smallest absolute Gasteiger partial charge is 0.269 e. The van der Waals surface area contributed by atoms with Crippen LogP contribution in [0, 0.1) is 17.0 Å². The van der Waals surface area contributed by atoms with Crippen LogP contribution >= 0.6 is 0 Å². The van der Waals surface area contributed by atoms with Crippen molar-refractivity contribution < 1.29 is 9.72 Å². The number of nitrogens with two attached hydrogens (primary N) is 1. The molecule has 0 radical (unpaired) electrons. The van der Waals surface area contributed by atoms with Crippen molar-refractivity contribution in [1.29, 1.82) is 0 Å². The van der Waals surface area contributed by atoms with E-state index in [1.54, 1.807) is 17.9 Å². The Morgan fingerprint density at radius 2 is 2.24 bits per heavy atom. The lowest BCUT2D eigenvalue weighted by Gasteiger charge is -2.18. The van der Waals surface area contributed by atoms with Gasteiger partial charge in [0.1, 0.15) is 0 Å². The van der Waals surface area contributed by atoms with Crippen molar-refractivity contribution in [3.05, 3.63) is 33.9 Å². The second kappa shape index (κ2) is 4.14. The number of non-ortho nitro benzene ring substituents is 1. The second-order valence-corrected chi connectivity index (χ2v) is 4.20. The number of carbonyl (C=O) groups is 1. The Labute approximate surface area is 98.2 Å². The van der Waals surface area contributed by atoms with E-state index in [-0.39, 0.29) is 17.6 Å². The number of carbonyl (C=O) groups excluding carboxylic acids is 1. The van der Waals surface area contributed by atoms with Gasteiger partial charge in [0, 0.05) is 36.8 Å². The number of hydrogen-bond donors (Lipinski definition) is 1. The molecule has 90 valence electrons. The van der Waals surface area contributed by atoms with Crippen LogP contribution in [0.4, 0.5) is 11.4 Å². The maximum absolute atomic E-state index is 11.7. The van der Waals surface area contributed by atoms with Crippen molar-refractivity contribution in [2.75, 3.05) is 11.4 Å². The molecule has 0 aliphatic carbocycles. The van der Waals surface area contributed by atoms with Crippen molar-refractivity contribution in [2.45, 2.75) is 19.4 Å². The third-order valence-corrected chi connectivity index (χ3v) is 2.84. The van der Waals surface area contributed by atoms with Crippen LogP contribution in [0.25, 0.3) is 0 Å². The van der Waals surface area contributed by atoms with Gasteiger partial charge in [0.15, 0.2) is 0 Å². The summed E-state index contributed by atoms with van der Waals surface area (Å²) >= 11 is 0. The van der Waals surface area contributed by atoms with E-state index in [0.29, 0.717) is 24.2 Å². The SMILES string of the molecule is Cc1cc([N+](=O)[O-])ccc1N1CC(N)CC1=O. The Morgan fingerprint density at radius 1 is 1.53 bits per heavy atom. The first kappa shape index (κ1) is 11.5. The molecule has 2 rings (SSSR count). The normalized spacial score (nSPS) is 19.8. The van der Waals surface area contributed by atoms with Gasteiger partial charge in [-0.15, -0.1) is 0 Å². The second-order valence-electron chi connectivity index (χ2n) is 4.20. The van der Waals surface area contributed by atoms with E-state index in [1.807, 2.05) is 0 Å². The first-order valence-electron chi connectivity index (χ1n) is 5.30. The van der Waals surface area contributed by atoms with Gasteiger partial charge in [-0.3, -0.25) is 14.9 Å². The topological polar surface area (TPSA) is 89.5 Å². The minimum Gasteiger partial charge on any atom is -0.326 e. The summed E-state index contributed by atoms with van der Waals surface area (Å²) in [6.45, 7) is 2.22. The highest BCUT2D eigenvalue weighted by Gasteiger charge is 2.29. The molecule has 1 heterocycles. The first-order chi connectivity index (χ1) is 7.99. The molecule has 1 amide bonds. The lowest BCUT2D eigenvalue weighted by molar-refractivity contribution is -0.384. The maximum atomic E-state index is 11.7. The zero-order valence-electron chi connectivity index (χ0n) is 9.42. The Bertz CT molecular complexity index is 487. The van der Waals surface area contributed by atoms with Gasteiger partial charge < -0.3 is 10.6 Å². The lowest BCUT2D eigenvalue weighted by Crippen LogP contribution is -2.28. The van der Waals surface area contributed by atoms with Crippen LogP contribution in [0.5, 0.6) is 0 Å². The molecular formula is C11H13N3O3. The van der Waals surface area contributed by atoms with Crippen LogP contribution in [0.2, 0.25) is 0 Å². The summed E-state index contributed by atoms with van der Waals surface area (Å²) in [5.41, 5.74) is 7.15. The summed E-state index contributed by atoms with van der Waals surface area (Å²) in [4.78, 5) is 23.4. The standard InChI is InChI=1S/C11H13N3O3/c1-7-4-9(14(16)17)2-3-10(7)13-6-8(12)5-11(13)15/h2-4,8H,5-6,12H2,1H3. The highest BCUT2D eigenvalue weighted by atomic mass is 16.6. The van der Waals surface area contributed by atoms with E-state index in [9.17, 15) is 14.9 Å². The fourth-order valence-corrected chi connectivity index (χ4v) is 2.02. The maximum Gasteiger partial charge on any atom is 0.269 e. The van der Waals surface area contributed by atoms with Crippen LogP contribution in [0.3, 0.4) is 0 Å². The zero-order chi connectivity index (χ0) is 12.6. The van der Waals surface area contributed by atoms with E-state index in [1.165, 1.54) is 12.1 Å². The van der Waals surface area contributed by atoms with Crippen molar-refractivity contribution in [3.8, 4) is 0 Å². The molecule has 1 aromatic rings. The molecule has 1 aliphatic heterocycles. The molecule has 6 heteroatoms. The number of aryl methyl sites for hydroxylation is 1. The number of nitrogens with zero attached hydrogens (tertiary/aromatic N) is 2. The minimum absolute atomic E-state index is 0.0298. The van der Waals surface area contributed by atoms with Crippen LogP contribution < -0.4 is 10.6 Å². The molecule has 1 aromatic carbocycles. The predicted molar refractivity (Wildman–Crippen MR) is 62.8 cm³/mol. The Morgan fingerprint density at radius 3 is 2.71 bits per heavy atom. The van der Waals surface area contributed by atoms with E-state index in [0.717, 1.165) is 0 Å². The molecular weight excluding hydrogens is 222 g/mol. The van der Waals surface area contributed by atoms with Gasteiger partial charge >= 0.3 is 0 Å². The van der Waals surface area contributed by atoms with E-state index >= 15 is 0 Å². The average molecular weight is 235 g/mol. The predicted octanol–water partition coefficient (Wildman–Crippen LogP) is 0.967. The number of anilines is 1. The Kier molecular flexibility index (Phi) is 2.81. The molecule has 6 nitrogen and oxygen atoms in total. The summed E-state index contributed by atoms with van der Waals surface area (Å²) in [5, 5.41) is 10.6. The molecule has 0 aromatic heterocycles. The van der Waals surface area contributed by atoms with Gasteiger partial charge in [-0.2, -0.15) is 0 Å². The van der Waals surface area contributed by atoms with Crippen molar-refractivity contribution in [2.24, 2.45) is 5.73 Å². The van der Waals surface area contributed by atoms with Crippen LogP contribution in [0.1, 0.15) is 12.0 Å². The molecule has 1 aliphatic rings. The number of hydrogen-bond acceptors (Lipinski definition) is 4. The molecule has 1 unspecified atom stereocenters. The molecule has 1 fully saturated rings. The largest absolute Gasteiger partial charge is 0.326 e. The summed E-state index contributed by atoms with van der Waals surface area (Å²) in [5.74, 6) is -0.0329. The van der Waals surface area contributed by atoms with Crippen LogP contribution in [-0.2, 0) is 4.79 Å². The summed E-state index contributed by atoms with van der Waals surface area (Å²) in [6.07, 6.45) is 0.330. The quantitative estimate of drug-likeness (QED) is 0.610.